The summed E-state index contributed by atoms with van der Waals surface area (Å²) in [6, 6.07) is 0. The Kier molecular flexibility index (Phi) is 8.96. The molecule has 0 aromatic carbocycles. The highest BCUT2D eigenvalue weighted by Crippen LogP contribution is 1.88. The van der Waals surface area contributed by atoms with Crippen molar-refractivity contribution in [3.63, 3.8) is 0 Å². The lowest BCUT2D eigenvalue weighted by molar-refractivity contribution is -0.0436. The maximum absolute atomic E-state index is 8.39. The molecule has 11 heavy (non-hydrogen) atoms. The van der Waals surface area contributed by atoms with Gasteiger partial charge in [0.05, 0.1) is 0 Å². The Morgan fingerprint density at radius 3 is 2.73 bits per heavy atom. The van der Waals surface area contributed by atoms with Gasteiger partial charge in [-0.05, 0) is 12.8 Å². The first-order valence-corrected chi connectivity index (χ1v) is 3.61. The number of rotatable bonds is 7. The Balaban J connectivity index is 2.75. The van der Waals surface area contributed by atoms with Crippen molar-refractivity contribution in [1.29, 1.82) is 0 Å². The number of ether oxygens (including phenoxy) is 2. The van der Waals surface area contributed by atoms with Crippen LogP contribution in [-0.4, -0.2) is 31.7 Å². The summed E-state index contributed by atoms with van der Waals surface area (Å²) in [5.41, 5.74) is 0. The highest BCUT2D eigenvalue weighted by atomic mass is 16.7. The lowest BCUT2D eigenvalue weighted by Gasteiger charge is -2.01. The third-order valence-corrected chi connectivity index (χ3v) is 1.05. The summed E-state index contributed by atoms with van der Waals surface area (Å²) in [4.78, 5) is 0. The van der Waals surface area contributed by atoms with Crippen molar-refractivity contribution < 1.29 is 14.6 Å². The van der Waals surface area contributed by atoms with Crippen molar-refractivity contribution in [3.05, 3.63) is 0 Å². The average Bonchev–Trinajstić information content (AvgIpc) is 2.03. The Labute approximate surface area is 67.3 Å². The molecule has 3 heteroatoms. The van der Waals surface area contributed by atoms with E-state index in [1.165, 1.54) is 0 Å². The lowest BCUT2D eigenvalue weighted by Crippen LogP contribution is -2.02. The van der Waals surface area contributed by atoms with E-state index in [2.05, 4.69) is 5.92 Å². The predicted molar refractivity (Wildman–Crippen MR) is 41.9 cm³/mol. The second kappa shape index (κ2) is 9.44. The molecule has 0 saturated carbocycles. The molecule has 0 heterocycles. The first-order valence-electron chi connectivity index (χ1n) is 3.61. The van der Waals surface area contributed by atoms with Gasteiger partial charge in [-0.2, -0.15) is 0 Å². The molecule has 0 aromatic rings. The molecule has 0 rings (SSSR count). The minimum atomic E-state index is 0.217. The molecule has 1 N–H and O–H groups in total. The summed E-state index contributed by atoms with van der Waals surface area (Å²) in [5.74, 6) is 2.33. The Bertz CT molecular complexity index is 106. The molecule has 0 saturated heterocycles. The standard InChI is InChI=1S/C8H14O3/c1-2-6-10-8-11-7-4-3-5-9/h1,9H,3-8H2. The Morgan fingerprint density at radius 1 is 1.27 bits per heavy atom. The minimum absolute atomic E-state index is 0.217. The number of hydrogen-bond acceptors (Lipinski definition) is 3. The molecule has 0 aliphatic rings. The molecule has 0 aliphatic heterocycles. The summed E-state index contributed by atoms with van der Waals surface area (Å²) in [5, 5.41) is 8.39. The molecule has 0 amide bonds. The molecule has 0 unspecified atom stereocenters. The summed E-state index contributed by atoms with van der Waals surface area (Å²) in [6.07, 6.45) is 6.56. The van der Waals surface area contributed by atoms with E-state index >= 15 is 0 Å². The van der Waals surface area contributed by atoms with Crippen molar-refractivity contribution in [2.45, 2.75) is 12.8 Å². The van der Waals surface area contributed by atoms with Gasteiger partial charge in [0.2, 0.25) is 0 Å². The fraction of sp³-hybridized carbons (Fsp3) is 0.750. The van der Waals surface area contributed by atoms with Gasteiger partial charge in [0.15, 0.2) is 0 Å². The van der Waals surface area contributed by atoms with Crippen LogP contribution in [0.2, 0.25) is 0 Å². The van der Waals surface area contributed by atoms with E-state index in [4.69, 9.17) is 21.0 Å². The molecule has 0 atom stereocenters. The molecule has 0 aliphatic carbocycles. The third kappa shape index (κ3) is 9.44. The number of terminal acetylenes is 1. The smallest absolute Gasteiger partial charge is 0.148 e. The summed E-state index contributed by atoms with van der Waals surface area (Å²) >= 11 is 0. The average molecular weight is 158 g/mol. The Morgan fingerprint density at radius 2 is 2.09 bits per heavy atom. The SMILES string of the molecule is C#CCOCOCCCCO. The van der Waals surface area contributed by atoms with Gasteiger partial charge >= 0.3 is 0 Å². The van der Waals surface area contributed by atoms with Crippen LogP contribution in [0, 0.1) is 12.3 Å². The number of unbranched alkanes of at least 4 members (excludes halogenated alkanes) is 1. The molecular formula is C8H14O3. The van der Waals surface area contributed by atoms with Crippen LogP contribution in [0.25, 0.3) is 0 Å². The second-order valence-corrected chi connectivity index (χ2v) is 2.01. The number of hydrogen-bond donors (Lipinski definition) is 1. The van der Waals surface area contributed by atoms with Crippen LogP contribution in [0.5, 0.6) is 0 Å². The number of aliphatic hydroxyl groups excluding tert-OH is 1. The fourth-order valence-electron chi connectivity index (χ4n) is 0.534. The van der Waals surface area contributed by atoms with Crippen molar-refractivity contribution >= 4 is 0 Å². The van der Waals surface area contributed by atoms with Crippen LogP contribution in [0.1, 0.15) is 12.8 Å². The monoisotopic (exact) mass is 158 g/mol. The van der Waals surface area contributed by atoms with E-state index in [0.717, 1.165) is 12.8 Å². The zero-order valence-electron chi connectivity index (χ0n) is 6.58. The molecule has 0 bridgehead atoms. The number of aliphatic hydroxyl groups is 1. The topological polar surface area (TPSA) is 38.7 Å². The molecule has 0 aromatic heterocycles. The van der Waals surface area contributed by atoms with Gasteiger partial charge in [-0.1, -0.05) is 5.92 Å². The van der Waals surface area contributed by atoms with Gasteiger partial charge in [-0.25, -0.2) is 0 Å². The Hall–Kier alpha value is -0.560. The van der Waals surface area contributed by atoms with Crippen LogP contribution < -0.4 is 0 Å². The van der Waals surface area contributed by atoms with Crippen LogP contribution in [0.15, 0.2) is 0 Å². The van der Waals surface area contributed by atoms with Gasteiger partial charge in [-0.3, -0.25) is 0 Å². The van der Waals surface area contributed by atoms with Gasteiger partial charge in [0.25, 0.3) is 0 Å². The van der Waals surface area contributed by atoms with E-state index in [-0.39, 0.29) is 13.4 Å². The van der Waals surface area contributed by atoms with E-state index in [1.54, 1.807) is 0 Å². The maximum Gasteiger partial charge on any atom is 0.148 e. The first-order chi connectivity index (χ1) is 5.41. The van der Waals surface area contributed by atoms with Crippen molar-refractivity contribution in [1.82, 2.24) is 0 Å². The molecule has 64 valence electrons. The fourth-order valence-corrected chi connectivity index (χ4v) is 0.534. The van der Waals surface area contributed by atoms with Crippen LogP contribution in [0.4, 0.5) is 0 Å². The van der Waals surface area contributed by atoms with E-state index < -0.39 is 0 Å². The van der Waals surface area contributed by atoms with Gasteiger partial charge in [0, 0.05) is 13.2 Å². The van der Waals surface area contributed by atoms with Crippen LogP contribution >= 0.6 is 0 Å². The lowest BCUT2D eigenvalue weighted by atomic mass is 10.3. The van der Waals surface area contributed by atoms with Gasteiger partial charge < -0.3 is 14.6 Å². The van der Waals surface area contributed by atoms with Gasteiger partial charge in [0.1, 0.15) is 13.4 Å². The summed E-state index contributed by atoms with van der Waals surface area (Å²) in [7, 11) is 0. The second-order valence-electron chi connectivity index (χ2n) is 2.01. The molecule has 0 fully saturated rings. The largest absolute Gasteiger partial charge is 0.396 e. The third-order valence-electron chi connectivity index (χ3n) is 1.05. The maximum atomic E-state index is 8.39. The van der Waals surface area contributed by atoms with E-state index in [9.17, 15) is 0 Å². The highest BCUT2D eigenvalue weighted by Gasteiger charge is 1.87. The van der Waals surface area contributed by atoms with Crippen molar-refractivity contribution in [2.75, 3.05) is 26.6 Å². The molecule has 3 nitrogen and oxygen atoms in total. The van der Waals surface area contributed by atoms with E-state index in [0.29, 0.717) is 13.2 Å². The zero-order chi connectivity index (χ0) is 8.36. The normalized spacial score (nSPS) is 9.45. The highest BCUT2D eigenvalue weighted by molar-refractivity contribution is 4.82. The van der Waals surface area contributed by atoms with Crippen molar-refractivity contribution in [3.8, 4) is 12.3 Å². The van der Waals surface area contributed by atoms with Crippen LogP contribution in [-0.2, 0) is 9.47 Å². The predicted octanol–water partition coefficient (Wildman–Crippen LogP) is 0.383. The van der Waals surface area contributed by atoms with Crippen molar-refractivity contribution in [2.24, 2.45) is 0 Å². The summed E-state index contributed by atoms with van der Waals surface area (Å²) < 4.78 is 9.85. The minimum Gasteiger partial charge on any atom is -0.396 e. The summed E-state index contributed by atoms with van der Waals surface area (Å²) in [6.45, 7) is 1.37. The molecular weight excluding hydrogens is 144 g/mol. The first kappa shape index (κ1) is 10.4. The van der Waals surface area contributed by atoms with Crippen LogP contribution in [0.3, 0.4) is 0 Å². The van der Waals surface area contributed by atoms with Gasteiger partial charge in [-0.15, -0.1) is 6.42 Å². The van der Waals surface area contributed by atoms with E-state index in [1.807, 2.05) is 0 Å². The quantitative estimate of drug-likeness (QED) is 0.331. The zero-order valence-corrected chi connectivity index (χ0v) is 6.58. The molecule has 0 spiro atoms. The molecule has 0 radical (unpaired) electrons.